The molecule has 0 fully saturated rings. The number of anilines is 1. The van der Waals surface area contributed by atoms with E-state index in [1.54, 1.807) is 6.07 Å². The lowest BCUT2D eigenvalue weighted by Gasteiger charge is -2.07. The quantitative estimate of drug-likeness (QED) is 0.789. The summed E-state index contributed by atoms with van der Waals surface area (Å²) in [6.45, 7) is 0.754. The molecule has 0 aliphatic heterocycles. The zero-order valence-electron chi connectivity index (χ0n) is 10.7. The van der Waals surface area contributed by atoms with Gasteiger partial charge in [0.1, 0.15) is 0 Å². The van der Waals surface area contributed by atoms with E-state index < -0.39 is 0 Å². The zero-order chi connectivity index (χ0) is 14.1. The minimum absolute atomic E-state index is 0.481. The van der Waals surface area contributed by atoms with Crippen molar-refractivity contribution in [3.05, 3.63) is 58.1 Å². The Hall–Kier alpha value is -1.71. The SMILES string of the molecule is Nc1nc2cc(Cl)c(Cl)cc2n1CCc1ccccc1. The van der Waals surface area contributed by atoms with E-state index in [9.17, 15) is 0 Å². The molecule has 3 nitrogen and oxygen atoms in total. The van der Waals surface area contributed by atoms with Gasteiger partial charge < -0.3 is 10.3 Å². The number of nitrogen functional groups attached to an aromatic ring is 1. The zero-order valence-corrected chi connectivity index (χ0v) is 12.2. The Morgan fingerprint density at radius 1 is 1.05 bits per heavy atom. The fourth-order valence-corrected chi connectivity index (χ4v) is 2.58. The van der Waals surface area contributed by atoms with Crippen molar-refractivity contribution in [2.24, 2.45) is 0 Å². The Balaban J connectivity index is 1.95. The second-order valence-electron chi connectivity index (χ2n) is 4.61. The Labute approximate surface area is 126 Å². The van der Waals surface area contributed by atoms with Crippen molar-refractivity contribution in [2.75, 3.05) is 5.73 Å². The number of halogens is 2. The number of benzene rings is 2. The Morgan fingerprint density at radius 3 is 2.50 bits per heavy atom. The maximum atomic E-state index is 6.07. The number of imidazole rings is 1. The lowest BCUT2D eigenvalue weighted by molar-refractivity contribution is 0.726. The number of nitrogens with two attached hydrogens (primary N) is 1. The summed E-state index contributed by atoms with van der Waals surface area (Å²) in [5.41, 5.74) is 8.92. The van der Waals surface area contributed by atoms with Crippen LogP contribution in [0.4, 0.5) is 5.95 Å². The average molecular weight is 306 g/mol. The van der Waals surface area contributed by atoms with Crippen molar-refractivity contribution >= 4 is 40.2 Å². The highest BCUT2D eigenvalue weighted by Crippen LogP contribution is 2.29. The van der Waals surface area contributed by atoms with Crippen molar-refractivity contribution in [1.82, 2.24) is 9.55 Å². The smallest absolute Gasteiger partial charge is 0.201 e. The van der Waals surface area contributed by atoms with Gasteiger partial charge in [-0.05, 0) is 24.1 Å². The molecule has 0 spiro atoms. The molecule has 0 aliphatic carbocycles. The molecule has 3 aromatic rings. The number of fused-ring (bicyclic) bond motifs is 1. The van der Waals surface area contributed by atoms with Gasteiger partial charge in [0.25, 0.3) is 0 Å². The highest BCUT2D eigenvalue weighted by molar-refractivity contribution is 6.42. The van der Waals surface area contributed by atoms with Crippen LogP contribution in [0.25, 0.3) is 11.0 Å². The molecule has 3 rings (SSSR count). The fraction of sp³-hybridized carbons (Fsp3) is 0.133. The van der Waals surface area contributed by atoms with Crippen LogP contribution in [0.3, 0.4) is 0 Å². The third kappa shape index (κ3) is 2.47. The van der Waals surface area contributed by atoms with Crippen molar-refractivity contribution in [3.63, 3.8) is 0 Å². The van der Waals surface area contributed by atoms with Gasteiger partial charge in [-0.1, -0.05) is 53.5 Å². The van der Waals surface area contributed by atoms with Gasteiger partial charge in [-0.2, -0.15) is 0 Å². The van der Waals surface area contributed by atoms with E-state index in [0.29, 0.717) is 16.0 Å². The second kappa shape index (κ2) is 5.35. The largest absolute Gasteiger partial charge is 0.369 e. The normalized spacial score (nSPS) is 11.1. The Kier molecular flexibility index (Phi) is 3.55. The van der Waals surface area contributed by atoms with Crippen LogP contribution < -0.4 is 5.73 Å². The molecule has 5 heteroatoms. The summed E-state index contributed by atoms with van der Waals surface area (Å²) in [5.74, 6) is 0.481. The molecule has 0 saturated heterocycles. The molecule has 102 valence electrons. The van der Waals surface area contributed by atoms with Gasteiger partial charge in [0.15, 0.2) is 0 Å². The van der Waals surface area contributed by atoms with E-state index in [2.05, 4.69) is 17.1 Å². The molecule has 0 amide bonds. The van der Waals surface area contributed by atoms with Crippen molar-refractivity contribution in [3.8, 4) is 0 Å². The van der Waals surface area contributed by atoms with Crippen LogP contribution in [-0.4, -0.2) is 9.55 Å². The maximum Gasteiger partial charge on any atom is 0.201 e. The number of aryl methyl sites for hydroxylation is 2. The number of nitrogens with zero attached hydrogens (tertiary/aromatic N) is 2. The average Bonchev–Trinajstić information content (AvgIpc) is 2.73. The first kappa shape index (κ1) is 13.3. The minimum atomic E-state index is 0.481. The summed E-state index contributed by atoms with van der Waals surface area (Å²) >= 11 is 12.1. The summed E-state index contributed by atoms with van der Waals surface area (Å²) < 4.78 is 1.96. The third-order valence-corrected chi connectivity index (χ3v) is 4.01. The first-order chi connectivity index (χ1) is 9.65. The van der Waals surface area contributed by atoms with Crippen LogP contribution in [0.15, 0.2) is 42.5 Å². The minimum Gasteiger partial charge on any atom is -0.369 e. The van der Waals surface area contributed by atoms with Gasteiger partial charge in [0.05, 0.1) is 21.1 Å². The molecular weight excluding hydrogens is 293 g/mol. The first-order valence-corrected chi connectivity index (χ1v) is 7.05. The van der Waals surface area contributed by atoms with Gasteiger partial charge >= 0.3 is 0 Å². The fourth-order valence-electron chi connectivity index (χ4n) is 2.26. The summed E-state index contributed by atoms with van der Waals surface area (Å²) in [6, 6.07) is 13.8. The summed E-state index contributed by atoms with van der Waals surface area (Å²) in [5, 5.41) is 1.01. The topological polar surface area (TPSA) is 43.8 Å². The lowest BCUT2D eigenvalue weighted by atomic mass is 10.1. The number of hydrogen-bond donors (Lipinski definition) is 1. The molecule has 0 saturated carbocycles. The summed E-state index contributed by atoms with van der Waals surface area (Å²) in [7, 11) is 0. The van der Waals surface area contributed by atoms with Crippen molar-refractivity contribution < 1.29 is 0 Å². The monoisotopic (exact) mass is 305 g/mol. The molecule has 0 bridgehead atoms. The Morgan fingerprint density at radius 2 is 1.75 bits per heavy atom. The molecule has 0 aliphatic rings. The van der Waals surface area contributed by atoms with E-state index in [1.165, 1.54) is 5.56 Å². The third-order valence-electron chi connectivity index (χ3n) is 3.29. The number of hydrogen-bond acceptors (Lipinski definition) is 2. The van der Waals surface area contributed by atoms with E-state index in [1.807, 2.05) is 28.8 Å². The van der Waals surface area contributed by atoms with E-state index in [0.717, 1.165) is 24.0 Å². The molecule has 0 atom stereocenters. The second-order valence-corrected chi connectivity index (χ2v) is 5.43. The van der Waals surface area contributed by atoms with Gasteiger partial charge in [0, 0.05) is 6.54 Å². The maximum absolute atomic E-state index is 6.07. The molecule has 1 aromatic heterocycles. The molecule has 2 aromatic carbocycles. The lowest BCUT2D eigenvalue weighted by Crippen LogP contribution is -2.05. The van der Waals surface area contributed by atoms with Crippen LogP contribution >= 0.6 is 23.2 Å². The molecule has 0 unspecified atom stereocenters. The van der Waals surface area contributed by atoms with Gasteiger partial charge in [0.2, 0.25) is 5.95 Å². The number of aromatic nitrogens is 2. The van der Waals surface area contributed by atoms with Crippen molar-refractivity contribution in [1.29, 1.82) is 0 Å². The van der Waals surface area contributed by atoms with Gasteiger partial charge in [-0.15, -0.1) is 0 Å². The first-order valence-electron chi connectivity index (χ1n) is 6.30. The summed E-state index contributed by atoms with van der Waals surface area (Å²) in [6.07, 6.45) is 0.886. The van der Waals surface area contributed by atoms with E-state index >= 15 is 0 Å². The van der Waals surface area contributed by atoms with Gasteiger partial charge in [-0.3, -0.25) is 0 Å². The molecule has 2 N–H and O–H groups in total. The van der Waals surface area contributed by atoms with E-state index in [4.69, 9.17) is 28.9 Å². The predicted octanol–water partition coefficient (Wildman–Crippen LogP) is 4.17. The highest BCUT2D eigenvalue weighted by Gasteiger charge is 2.11. The van der Waals surface area contributed by atoms with Crippen LogP contribution in [0, 0.1) is 0 Å². The molecule has 20 heavy (non-hydrogen) atoms. The molecule has 1 heterocycles. The summed E-state index contributed by atoms with van der Waals surface area (Å²) in [4.78, 5) is 4.32. The predicted molar refractivity (Wildman–Crippen MR) is 84.3 cm³/mol. The van der Waals surface area contributed by atoms with E-state index in [-0.39, 0.29) is 0 Å². The van der Waals surface area contributed by atoms with Crippen LogP contribution in [0.5, 0.6) is 0 Å². The highest BCUT2D eigenvalue weighted by atomic mass is 35.5. The molecule has 0 radical (unpaired) electrons. The van der Waals surface area contributed by atoms with Crippen LogP contribution in [0.1, 0.15) is 5.56 Å². The van der Waals surface area contributed by atoms with Crippen molar-refractivity contribution in [2.45, 2.75) is 13.0 Å². The Bertz CT molecular complexity index is 751. The van der Waals surface area contributed by atoms with Crippen LogP contribution in [-0.2, 0) is 13.0 Å². The molecular formula is C15H13Cl2N3. The van der Waals surface area contributed by atoms with Gasteiger partial charge in [-0.25, -0.2) is 4.98 Å². The number of rotatable bonds is 3. The standard InChI is InChI=1S/C15H13Cl2N3/c16-11-8-13-14(9-12(11)17)20(15(18)19-13)7-6-10-4-2-1-3-5-10/h1-5,8-9H,6-7H2,(H2,18,19). The van der Waals surface area contributed by atoms with Crippen LogP contribution in [0.2, 0.25) is 10.0 Å².